The van der Waals surface area contributed by atoms with Crippen LogP contribution in [0.25, 0.3) is 0 Å². The summed E-state index contributed by atoms with van der Waals surface area (Å²) in [5.74, 6) is 0.210. The average Bonchev–Trinajstić information content (AvgIpc) is 2.86. The van der Waals surface area contributed by atoms with Gasteiger partial charge in [-0.2, -0.15) is 0 Å². The molecule has 0 amide bonds. The average molecular weight is 276 g/mol. The van der Waals surface area contributed by atoms with Crippen LogP contribution in [-0.2, 0) is 6.61 Å². The highest BCUT2D eigenvalue weighted by Crippen LogP contribution is 2.23. The number of carboxylic acids is 1. The van der Waals surface area contributed by atoms with E-state index in [0.717, 1.165) is 5.56 Å². The lowest BCUT2D eigenvalue weighted by molar-refractivity contribution is 0.0702. The Balaban J connectivity index is 1.96. The second-order valence-corrected chi connectivity index (χ2v) is 5.55. The zero-order chi connectivity index (χ0) is 13.8. The van der Waals surface area contributed by atoms with Gasteiger partial charge < -0.3 is 9.84 Å². The number of rotatable bonds is 5. The second kappa shape index (κ2) is 5.89. The normalized spacial score (nSPS) is 10.7. The Morgan fingerprint density at radius 2 is 2.00 bits per heavy atom. The van der Waals surface area contributed by atoms with Gasteiger partial charge in [0.1, 0.15) is 17.2 Å². The molecule has 0 fully saturated rings. The number of ether oxygens (including phenoxy) is 1. The van der Waals surface area contributed by atoms with Gasteiger partial charge in [0, 0.05) is 11.4 Å². The first kappa shape index (κ1) is 13.6. The third kappa shape index (κ3) is 3.58. The van der Waals surface area contributed by atoms with Crippen LogP contribution < -0.4 is 4.74 Å². The minimum absolute atomic E-state index is 0.296. The summed E-state index contributed by atoms with van der Waals surface area (Å²) in [5.41, 5.74) is 2.37. The summed E-state index contributed by atoms with van der Waals surface area (Å²) in [6.45, 7) is 4.77. The van der Waals surface area contributed by atoms with Gasteiger partial charge in [0.2, 0.25) is 0 Å². The number of hydrogen-bond donors (Lipinski definition) is 1. The minimum Gasteiger partial charge on any atom is -0.488 e. The lowest BCUT2D eigenvalue weighted by Gasteiger charge is -2.07. The second-order valence-electron chi connectivity index (χ2n) is 4.64. The van der Waals surface area contributed by atoms with Crippen molar-refractivity contribution in [1.29, 1.82) is 0 Å². The summed E-state index contributed by atoms with van der Waals surface area (Å²) < 4.78 is 5.57. The van der Waals surface area contributed by atoms with Crippen molar-refractivity contribution in [3.05, 3.63) is 51.7 Å². The van der Waals surface area contributed by atoms with Crippen molar-refractivity contribution in [3.8, 4) is 5.75 Å². The molecule has 1 heterocycles. The highest BCUT2D eigenvalue weighted by Gasteiger charge is 2.07. The zero-order valence-electron chi connectivity index (χ0n) is 10.9. The molecule has 3 nitrogen and oxygen atoms in total. The number of benzene rings is 1. The van der Waals surface area contributed by atoms with Crippen LogP contribution in [0.2, 0.25) is 0 Å². The van der Waals surface area contributed by atoms with Gasteiger partial charge in [0.25, 0.3) is 0 Å². The van der Waals surface area contributed by atoms with Crippen molar-refractivity contribution in [1.82, 2.24) is 0 Å². The molecule has 19 heavy (non-hydrogen) atoms. The maximum absolute atomic E-state index is 10.7. The molecular weight excluding hydrogens is 260 g/mol. The summed E-state index contributed by atoms with van der Waals surface area (Å²) in [6, 6.07) is 9.83. The predicted molar refractivity (Wildman–Crippen MR) is 76.1 cm³/mol. The minimum atomic E-state index is -0.916. The third-order valence-corrected chi connectivity index (χ3v) is 3.73. The van der Waals surface area contributed by atoms with Crippen molar-refractivity contribution in [3.63, 3.8) is 0 Å². The molecule has 0 aliphatic heterocycles. The SMILES string of the molecule is CC(C)c1ccc(COc2csc(C(=O)O)c2)cc1. The molecule has 0 aliphatic rings. The van der Waals surface area contributed by atoms with Crippen molar-refractivity contribution < 1.29 is 14.6 Å². The predicted octanol–water partition coefficient (Wildman–Crippen LogP) is 4.15. The van der Waals surface area contributed by atoms with E-state index >= 15 is 0 Å². The molecule has 4 heteroatoms. The topological polar surface area (TPSA) is 46.5 Å². The van der Waals surface area contributed by atoms with Crippen molar-refractivity contribution >= 4 is 17.3 Å². The lowest BCUT2D eigenvalue weighted by Crippen LogP contribution is -1.96. The summed E-state index contributed by atoms with van der Waals surface area (Å²) >= 11 is 1.17. The Morgan fingerprint density at radius 1 is 1.32 bits per heavy atom. The largest absolute Gasteiger partial charge is 0.488 e. The number of carbonyl (C=O) groups is 1. The zero-order valence-corrected chi connectivity index (χ0v) is 11.7. The van der Waals surface area contributed by atoms with E-state index < -0.39 is 5.97 Å². The molecule has 0 saturated carbocycles. The first-order valence-electron chi connectivity index (χ1n) is 6.09. The maximum atomic E-state index is 10.7. The van der Waals surface area contributed by atoms with E-state index in [1.165, 1.54) is 16.9 Å². The molecule has 0 spiro atoms. The van der Waals surface area contributed by atoms with Gasteiger partial charge in [0.05, 0.1) is 0 Å². The van der Waals surface area contributed by atoms with E-state index in [-0.39, 0.29) is 0 Å². The molecule has 0 unspecified atom stereocenters. The molecule has 0 aliphatic carbocycles. The first-order valence-corrected chi connectivity index (χ1v) is 6.97. The molecule has 0 saturated heterocycles. The van der Waals surface area contributed by atoms with Gasteiger partial charge in [-0.25, -0.2) is 4.79 Å². The van der Waals surface area contributed by atoms with Crippen LogP contribution >= 0.6 is 11.3 Å². The molecule has 1 N–H and O–H groups in total. The van der Waals surface area contributed by atoms with Crippen LogP contribution in [0.15, 0.2) is 35.7 Å². The molecule has 2 aromatic rings. The molecule has 2 rings (SSSR count). The van der Waals surface area contributed by atoms with Gasteiger partial charge in [0.15, 0.2) is 0 Å². The number of aromatic carboxylic acids is 1. The van der Waals surface area contributed by atoms with E-state index in [9.17, 15) is 4.79 Å². The summed E-state index contributed by atoms with van der Waals surface area (Å²) in [6.07, 6.45) is 0. The number of hydrogen-bond acceptors (Lipinski definition) is 3. The van der Waals surface area contributed by atoms with Crippen LogP contribution in [0.5, 0.6) is 5.75 Å². The van der Waals surface area contributed by atoms with Gasteiger partial charge in [-0.1, -0.05) is 38.1 Å². The van der Waals surface area contributed by atoms with Gasteiger partial charge in [-0.15, -0.1) is 11.3 Å². The van der Waals surface area contributed by atoms with Gasteiger partial charge >= 0.3 is 5.97 Å². The van der Waals surface area contributed by atoms with Crippen LogP contribution in [-0.4, -0.2) is 11.1 Å². The van der Waals surface area contributed by atoms with Crippen molar-refractivity contribution in [2.75, 3.05) is 0 Å². The molecule has 1 aromatic carbocycles. The summed E-state index contributed by atoms with van der Waals surface area (Å²) in [7, 11) is 0. The Labute approximate surface area is 116 Å². The Kier molecular flexibility index (Phi) is 4.22. The highest BCUT2D eigenvalue weighted by atomic mass is 32.1. The fourth-order valence-electron chi connectivity index (χ4n) is 1.67. The summed E-state index contributed by atoms with van der Waals surface area (Å²) in [4.78, 5) is 11.0. The maximum Gasteiger partial charge on any atom is 0.346 e. The Hall–Kier alpha value is -1.81. The fraction of sp³-hybridized carbons (Fsp3) is 0.267. The fourth-order valence-corrected chi connectivity index (χ4v) is 2.34. The van der Waals surface area contributed by atoms with Crippen molar-refractivity contribution in [2.45, 2.75) is 26.4 Å². The van der Waals surface area contributed by atoms with E-state index in [1.807, 2.05) is 12.1 Å². The quantitative estimate of drug-likeness (QED) is 0.892. The Morgan fingerprint density at radius 3 is 2.53 bits per heavy atom. The van der Waals surface area contributed by atoms with E-state index in [2.05, 4.69) is 26.0 Å². The summed E-state index contributed by atoms with van der Waals surface area (Å²) in [5, 5.41) is 10.5. The van der Waals surface area contributed by atoms with Crippen LogP contribution in [0.4, 0.5) is 0 Å². The molecule has 0 bridgehead atoms. The standard InChI is InChI=1S/C15H16O3S/c1-10(2)12-5-3-11(4-6-12)8-18-13-7-14(15(16)17)19-9-13/h3-7,9-10H,8H2,1-2H3,(H,16,17). The van der Waals surface area contributed by atoms with Crippen LogP contribution in [0.1, 0.15) is 40.6 Å². The van der Waals surface area contributed by atoms with E-state index in [4.69, 9.17) is 9.84 Å². The third-order valence-electron chi connectivity index (χ3n) is 2.84. The lowest BCUT2D eigenvalue weighted by atomic mass is 10.0. The molecule has 0 atom stereocenters. The Bertz CT molecular complexity index is 555. The highest BCUT2D eigenvalue weighted by molar-refractivity contribution is 7.12. The number of thiophene rings is 1. The smallest absolute Gasteiger partial charge is 0.346 e. The monoisotopic (exact) mass is 276 g/mol. The number of carboxylic acid groups (broad SMARTS) is 1. The van der Waals surface area contributed by atoms with Crippen molar-refractivity contribution in [2.24, 2.45) is 0 Å². The molecule has 0 radical (unpaired) electrons. The molecular formula is C15H16O3S. The molecule has 1 aromatic heterocycles. The first-order chi connectivity index (χ1) is 9.06. The van der Waals surface area contributed by atoms with Crippen LogP contribution in [0, 0.1) is 0 Å². The van der Waals surface area contributed by atoms with Gasteiger partial charge in [-0.3, -0.25) is 0 Å². The van der Waals surface area contributed by atoms with Gasteiger partial charge in [-0.05, 0) is 17.0 Å². The molecule has 100 valence electrons. The van der Waals surface area contributed by atoms with E-state index in [0.29, 0.717) is 23.2 Å². The van der Waals surface area contributed by atoms with E-state index in [1.54, 1.807) is 11.4 Å². The van der Waals surface area contributed by atoms with Crippen LogP contribution in [0.3, 0.4) is 0 Å².